The first-order valence-electron chi connectivity index (χ1n) is 9.15. The molecule has 0 bridgehead atoms. The van der Waals surface area contributed by atoms with Gasteiger partial charge in [-0.3, -0.25) is 14.7 Å². The Morgan fingerprint density at radius 2 is 1.93 bits per heavy atom. The Kier molecular flexibility index (Phi) is 6.25. The fraction of sp³-hybridized carbons (Fsp3) is 0.421. The number of anilines is 1. The van der Waals surface area contributed by atoms with E-state index in [4.69, 9.17) is 11.6 Å². The molecule has 0 N–H and O–H groups in total. The zero-order valence-corrected chi connectivity index (χ0v) is 17.0. The zero-order valence-electron chi connectivity index (χ0n) is 16.2. The maximum atomic E-state index is 12.9. The van der Waals surface area contributed by atoms with E-state index in [1.54, 1.807) is 0 Å². The number of alkyl halides is 3. The first kappa shape index (κ1) is 21.9. The van der Waals surface area contributed by atoms with Crippen molar-refractivity contribution in [3.05, 3.63) is 47.0 Å². The molecule has 160 valence electrons. The summed E-state index contributed by atoms with van der Waals surface area (Å²) in [6.07, 6.45) is -1.07. The van der Waals surface area contributed by atoms with Crippen LogP contribution in [0.2, 0.25) is 5.02 Å². The van der Waals surface area contributed by atoms with Crippen molar-refractivity contribution in [1.29, 1.82) is 0 Å². The molecule has 1 saturated heterocycles. The monoisotopic (exact) mass is 441 g/mol. The summed E-state index contributed by atoms with van der Waals surface area (Å²) in [6.45, 7) is 3.86. The van der Waals surface area contributed by atoms with Crippen molar-refractivity contribution < 1.29 is 22.8 Å². The van der Waals surface area contributed by atoms with Gasteiger partial charge in [0.1, 0.15) is 0 Å². The van der Waals surface area contributed by atoms with Crippen molar-refractivity contribution in [2.75, 3.05) is 18.0 Å². The normalized spacial score (nSPS) is 17.2. The Balaban J connectivity index is 1.74. The number of hydrogen-bond acceptors (Lipinski definition) is 5. The Morgan fingerprint density at radius 1 is 1.27 bits per heavy atom. The first-order chi connectivity index (χ1) is 14.1. The number of aromatic nitrogens is 3. The van der Waals surface area contributed by atoms with E-state index in [0.717, 1.165) is 18.3 Å². The van der Waals surface area contributed by atoms with Crippen LogP contribution in [0, 0.1) is 5.92 Å². The molecule has 0 aliphatic carbocycles. The number of carbonyl (C=O) groups excluding carboxylic acids is 2. The first-order valence-corrected chi connectivity index (χ1v) is 9.53. The maximum Gasteiger partial charge on any atom is 0.416 e. The summed E-state index contributed by atoms with van der Waals surface area (Å²) < 4.78 is 38.6. The highest BCUT2D eigenvalue weighted by molar-refractivity contribution is 6.30. The standard InChI is InChI=1S/C19H19ClF3N5O2/c1-11(2)16-10-28(17-25-7-13(20)8-26-17)18(30)27(16)9-15(29)6-14-5-12(3-4-24-14)19(21,22)23/h3-5,7-8,11,16H,6,9-10H2,1-2H3/t16-/m1/s1. The van der Waals surface area contributed by atoms with Crippen LogP contribution in [0.1, 0.15) is 25.1 Å². The van der Waals surface area contributed by atoms with Crippen molar-refractivity contribution in [3.8, 4) is 0 Å². The van der Waals surface area contributed by atoms with Crippen LogP contribution < -0.4 is 4.90 Å². The second-order valence-corrected chi connectivity index (χ2v) is 7.72. The van der Waals surface area contributed by atoms with Crippen molar-refractivity contribution in [2.24, 2.45) is 5.92 Å². The molecule has 1 aliphatic rings. The van der Waals surface area contributed by atoms with E-state index in [9.17, 15) is 22.8 Å². The number of halogens is 4. The third-order valence-corrected chi connectivity index (χ3v) is 4.93. The lowest BCUT2D eigenvalue weighted by molar-refractivity contribution is -0.137. The summed E-state index contributed by atoms with van der Waals surface area (Å²) in [6, 6.07) is 0.963. The van der Waals surface area contributed by atoms with Crippen LogP contribution in [0.4, 0.5) is 23.9 Å². The van der Waals surface area contributed by atoms with Crippen molar-refractivity contribution in [1.82, 2.24) is 19.9 Å². The molecule has 3 heterocycles. The summed E-state index contributed by atoms with van der Waals surface area (Å²) in [4.78, 5) is 40.2. The molecule has 3 rings (SSSR count). The summed E-state index contributed by atoms with van der Waals surface area (Å²) in [5.41, 5.74) is -0.871. The average molecular weight is 442 g/mol. The lowest BCUT2D eigenvalue weighted by Crippen LogP contribution is -2.41. The summed E-state index contributed by atoms with van der Waals surface area (Å²) in [5.74, 6) is -0.213. The predicted octanol–water partition coefficient (Wildman–Crippen LogP) is 3.62. The summed E-state index contributed by atoms with van der Waals surface area (Å²) in [5, 5.41) is 0.325. The van der Waals surface area contributed by atoms with Gasteiger partial charge in [-0.15, -0.1) is 0 Å². The average Bonchev–Trinajstić information content (AvgIpc) is 2.98. The number of hydrogen-bond donors (Lipinski definition) is 0. The number of pyridine rings is 1. The lowest BCUT2D eigenvalue weighted by Gasteiger charge is -2.25. The van der Waals surface area contributed by atoms with E-state index < -0.39 is 23.6 Å². The quantitative estimate of drug-likeness (QED) is 0.684. The Hall–Kier alpha value is -2.75. The molecule has 1 fully saturated rings. The third kappa shape index (κ3) is 4.86. The number of urea groups is 1. The SMILES string of the molecule is CC(C)[C@H]1CN(c2ncc(Cl)cn2)C(=O)N1CC(=O)Cc1cc(C(F)(F)F)ccn1. The molecule has 1 atom stereocenters. The topological polar surface area (TPSA) is 79.3 Å². The van der Waals surface area contributed by atoms with Gasteiger partial charge in [-0.2, -0.15) is 13.2 Å². The van der Waals surface area contributed by atoms with E-state index in [1.165, 1.54) is 22.2 Å². The molecule has 0 radical (unpaired) electrons. The second-order valence-electron chi connectivity index (χ2n) is 7.28. The van der Waals surface area contributed by atoms with Crippen LogP contribution in [-0.4, -0.2) is 50.8 Å². The van der Waals surface area contributed by atoms with Gasteiger partial charge in [0.25, 0.3) is 0 Å². The maximum absolute atomic E-state index is 12.9. The minimum atomic E-state index is -4.52. The van der Waals surface area contributed by atoms with Crippen LogP contribution in [0.25, 0.3) is 0 Å². The van der Waals surface area contributed by atoms with Crippen LogP contribution in [0.5, 0.6) is 0 Å². The number of amides is 2. The van der Waals surface area contributed by atoms with Crippen LogP contribution >= 0.6 is 11.6 Å². The molecule has 1 aliphatic heterocycles. The van der Waals surface area contributed by atoms with E-state index in [0.29, 0.717) is 5.02 Å². The molecule has 2 aromatic heterocycles. The molecule has 0 saturated carbocycles. The molecule has 2 aromatic rings. The molecule has 11 heteroatoms. The number of nitrogens with zero attached hydrogens (tertiary/aromatic N) is 5. The van der Waals surface area contributed by atoms with Crippen LogP contribution in [-0.2, 0) is 17.4 Å². The molecule has 2 amide bonds. The third-order valence-electron chi connectivity index (χ3n) is 4.73. The smallest absolute Gasteiger partial charge is 0.312 e. The highest BCUT2D eigenvalue weighted by Crippen LogP contribution is 2.29. The zero-order chi connectivity index (χ0) is 22.1. The molecule has 0 unspecified atom stereocenters. The number of Topliss-reactive ketones (excluding diaryl/α,β-unsaturated/α-hetero) is 1. The lowest BCUT2D eigenvalue weighted by atomic mass is 10.0. The van der Waals surface area contributed by atoms with Gasteiger partial charge in [-0.1, -0.05) is 25.4 Å². The van der Waals surface area contributed by atoms with Crippen LogP contribution in [0.15, 0.2) is 30.7 Å². The fourth-order valence-electron chi connectivity index (χ4n) is 3.23. The van der Waals surface area contributed by atoms with E-state index in [2.05, 4.69) is 15.0 Å². The van der Waals surface area contributed by atoms with Gasteiger partial charge >= 0.3 is 12.2 Å². The minimum absolute atomic E-state index is 0.000425. The summed E-state index contributed by atoms with van der Waals surface area (Å²) >= 11 is 5.79. The fourth-order valence-corrected chi connectivity index (χ4v) is 3.32. The van der Waals surface area contributed by atoms with Crippen molar-refractivity contribution in [2.45, 2.75) is 32.5 Å². The Bertz CT molecular complexity index is 937. The second kappa shape index (κ2) is 8.55. The summed E-state index contributed by atoms with van der Waals surface area (Å²) in [7, 11) is 0. The molecule has 30 heavy (non-hydrogen) atoms. The molecular formula is C19H19ClF3N5O2. The molecule has 0 aromatic carbocycles. The van der Waals surface area contributed by atoms with Gasteiger partial charge in [-0.05, 0) is 18.1 Å². The number of carbonyl (C=O) groups is 2. The van der Waals surface area contributed by atoms with Crippen LogP contribution in [0.3, 0.4) is 0 Å². The van der Waals surface area contributed by atoms with E-state index >= 15 is 0 Å². The van der Waals surface area contributed by atoms with E-state index in [1.807, 2.05) is 13.8 Å². The highest BCUT2D eigenvalue weighted by atomic mass is 35.5. The van der Waals surface area contributed by atoms with Gasteiger partial charge in [0.2, 0.25) is 5.95 Å². The van der Waals surface area contributed by atoms with E-state index in [-0.39, 0.29) is 43.1 Å². The van der Waals surface area contributed by atoms with Gasteiger partial charge in [0, 0.05) is 11.9 Å². The van der Waals surface area contributed by atoms with Crippen molar-refractivity contribution in [3.63, 3.8) is 0 Å². The number of rotatable bonds is 6. The Labute approximate surface area is 175 Å². The van der Waals surface area contributed by atoms with Gasteiger partial charge in [0.15, 0.2) is 5.78 Å². The highest BCUT2D eigenvalue weighted by Gasteiger charge is 2.41. The van der Waals surface area contributed by atoms with Gasteiger partial charge in [0.05, 0.1) is 48.5 Å². The molecule has 7 nitrogen and oxygen atoms in total. The minimum Gasteiger partial charge on any atom is -0.312 e. The predicted molar refractivity (Wildman–Crippen MR) is 103 cm³/mol. The Morgan fingerprint density at radius 3 is 2.53 bits per heavy atom. The molecular weight excluding hydrogens is 423 g/mol. The van der Waals surface area contributed by atoms with Gasteiger partial charge in [-0.25, -0.2) is 14.8 Å². The van der Waals surface area contributed by atoms with Gasteiger partial charge < -0.3 is 4.90 Å². The molecule has 0 spiro atoms. The van der Waals surface area contributed by atoms with Crippen molar-refractivity contribution >= 4 is 29.4 Å². The largest absolute Gasteiger partial charge is 0.416 e. The number of ketones is 1.